The highest BCUT2D eigenvalue weighted by Gasteiger charge is 2.44. The maximum absolute atomic E-state index is 10.7. The summed E-state index contributed by atoms with van der Waals surface area (Å²) < 4.78 is 4.61. The molecule has 1 N–H and O–H groups in total. The van der Waals surface area contributed by atoms with Gasteiger partial charge in [-0.25, -0.2) is 9.95 Å². The number of nitrogens with one attached hydrogen (secondary N) is 1. The van der Waals surface area contributed by atoms with Gasteiger partial charge in [0.15, 0.2) is 0 Å². The first kappa shape index (κ1) is 6.70. The lowest BCUT2D eigenvalue weighted by molar-refractivity contribution is 0.376. The fourth-order valence-electron chi connectivity index (χ4n) is 1.51. The summed E-state index contributed by atoms with van der Waals surface area (Å²) in [5.74, 6) is 0. The van der Waals surface area contributed by atoms with Gasteiger partial charge in [-0.05, 0) is 19.3 Å². The number of aromatic nitrogens is 1. The van der Waals surface area contributed by atoms with E-state index in [9.17, 15) is 4.79 Å². The van der Waals surface area contributed by atoms with E-state index in [-0.39, 0.29) is 11.0 Å². The molecular weight excluding hydrogens is 142 g/mol. The monoisotopic (exact) mass is 153 g/mol. The van der Waals surface area contributed by atoms with Crippen LogP contribution < -0.4 is 5.63 Å². The zero-order chi connectivity index (χ0) is 7.90. The number of rotatable bonds is 2. The Balaban J connectivity index is 2.36. The van der Waals surface area contributed by atoms with Crippen molar-refractivity contribution in [2.24, 2.45) is 0 Å². The van der Waals surface area contributed by atoms with Gasteiger partial charge in [-0.15, -0.1) is 0 Å². The zero-order valence-corrected chi connectivity index (χ0v) is 6.52. The van der Waals surface area contributed by atoms with E-state index in [1.54, 1.807) is 6.07 Å². The normalized spacial score (nSPS) is 20.1. The van der Waals surface area contributed by atoms with Gasteiger partial charge in [-0.1, -0.05) is 6.92 Å². The van der Waals surface area contributed by atoms with E-state index >= 15 is 0 Å². The predicted molar refractivity (Wildman–Crippen MR) is 40.5 cm³/mol. The van der Waals surface area contributed by atoms with E-state index in [0.29, 0.717) is 0 Å². The minimum absolute atomic E-state index is 0.256. The van der Waals surface area contributed by atoms with Crippen LogP contribution >= 0.6 is 0 Å². The summed E-state index contributed by atoms with van der Waals surface area (Å²) in [7, 11) is 0. The first-order valence-corrected chi connectivity index (χ1v) is 3.96. The van der Waals surface area contributed by atoms with Gasteiger partial charge >= 0.3 is 5.63 Å². The maximum Gasteiger partial charge on any atom is 0.357 e. The van der Waals surface area contributed by atoms with Crippen LogP contribution in [0.5, 0.6) is 0 Å². The van der Waals surface area contributed by atoms with Gasteiger partial charge < -0.3 is 4.52 Å². The molecule has 11 heavy (non-hydrogen) atoms. The molecule has 1 aliphatic carbocycles. The summed E-state index contributed by atoms with van der Waals surface area (Å²) in [5.41, 5.74) is 0.969. The summed E-state index contributed by atoms with van der Waals surface area (Å²) in [6.45, 7) is 2.14. The molecule has 0 unspecified atom stereocenters. The van der Waals surface area contributed by atoms with E-state index in [4.69, 9.17) is 0 Å². The third-order valence-electron chi connectivity index (χ3n) is 2.63. The highest BCUT2D eigenvalue weighted by Crippen LogP contribution is 2.49. The van der Waals surface area contributed by atoms with Crippen molar-refractivity contribution in [3.05, 3.63) is 22.2 Å². The quantitative estimate of drug-likeness (QED) is 0.698. The summed E-state index contributed by atoms with van der Waals surface area (Å²) >= 11 is 0. The Labute approximate surface area is 64.4 Å². The van der Waals surface area contributed by atoms with Crippen molar-refractivity contribution in [3.8, 4) is 0 Å². The van der Waals surface area contributed by atoms with Crippen LogP contribution in [-0.2, 0) is 5.41 Å². The number of aromatic amines is 1. The first-order chi connectivity index (χ1) is 5.27. The largest absolute Gasteiger partial charge is 0.357 e. The summed E-state index contributed by atoms with van der Waals surface area (Å²) in [6, 6.07) is 1.57. The lowest BCUT2D eigenvalue weighted by Crippen LogP contribution is -2.04. The molecule has 0 aromatic carbocycles. The maximum atomic E-state index is 10.7. The van der Waals surface area contributed by atoms with Crippen LogP contribution in [0, 0.1) is 0 Å². The van der Waals surface area contributed by atoms with Crippen molar-refractivity contribution < 1.29 is 4.52 Å². The lowest BCUT2D eigenvalue weighted by Gasteiger charge is -2.06. The minimum atomic E-state index is -0.264. The van der Waals surface area contributed by atoms with E-state index in [0.717, 1.165) is 12.1 Å². The molecule has 3 nitrogen and oxygen atoms in total. The van der Waals surface area contributed by atoms with E-state index in [2.05, 4.69) is 16.6 Å². The van der Waals surface area contributed by atoms with Gasteiger partial charge in [0, 0.05) is 11.5 Å². The van der Waals surface area contributed by atoms with E-state index < -0.39 is 0 Å². The van der Waals surface area contributed by atoms with Gasteiger partial charge in [0.2, 0.25) is 0 Å². The third kappa shape index (κ3) is 0.914. The summed E-state index contributed by atoms with van der Waals surface area (Å²) in [4.78, 5) is 10.7. The molecule has 0 radical (unpaired) electrons. The van der Waals surface area contributed by atoms with E-state index in [1.807, 2.05) is 0 Å². The number of H-pyrrole nitrogens is 1. The van der Waals surface area contributed by atoms with Crippen molar-refractivity contribution in [2.45, 2.75) is 31.6 Å². The molecule has 0 atom stereocenters. The molecule has 3 heteroatoms. The molecule has 1 heterocycles. The number of hydrogen-bond acceptors (Lipinski definition) is 2. The second kappa shape index (κ2) is 2.00. The zero-order valence-electron chi connectivity index (χ0n) is 6.52. The Kier molecular flexibility index (Phi) is 1.22. The van der Waals surface area contributed by atoms with Gasteiger partial charge in [0.05, 0.1) is 5.69 Å². The highest BCUT2D eigenvalue weighted by atomic mass is 16.5. The molecule has 1 aromatic rings. The average Bonchev–Trinajstić information content (AvgIpc) is 2.70. The lowest BCUT2D eigenvalue weighted by atomic mass is 10.00. The Bertz CT molecular complexity index is 306. The molecule has 1 saturated carbocycles. The Hall–Kier alpha value is -0.990. The molecular formula is C8H11NO2. The van der Waals surface area contributed by atoms with Crippen LogP contribution in [0.4, 0.5) is 0 Å². The Morgan fingerprint density at radius 3 is 2.82 bits per heavy atom. The molecule has 2 rings (SSSR count). The van der Waals surface area contributed by atoms with E-state index in [1.165, 1.54) is 12.8 Å². The highest BCUT2D eigenvalue weighted by molar-refractivity contribution is 5.21. The van der Waals surface area contributed by atoms with Gasteiger partial charge in [0.25, 0.3) is 0 Å². The van der Waals surface area contributed by atoms with Crippen LogP contribution in [0.2, 0.25) is 0 Å². The molecule has 60 valence electrons. The SMILES string of the molecule is CCC1(c2cc(=O)o[nH]2)CC1. The van der Waals surface area contributed by atoms with Crippen LogP contribution in [0.15, 0.2) is 15.4 Å². The second-order valence-electron chi connectivity index (χ2n) is 3.22. The molecule has 0 aliphatic heterocycles. The molecule has 0 saturated heterocycles. The van der Waals surface area contributed by atoms with Crippen molar-refractivity contribution in [3.63, 3.8) is 0 Å². The number of hydrogen-bond donors (Lipinski definition) is 1. The molecule has 1 aromatic heterocycles. The van der Waals surface area contributed by atoms with Crippen LogP contribution in [-0.4, -0.2) is 5.16 Å². The fourth-order valence-corrected chi connectivity index (χ4v) is 1.51. The summed E-state index contributed by atoms with van der Waals surface area (Å²) in [5, 5.41) is 2.67. The summed E-state index contributed by atoms with van der Waals surface area (Å²) in [6.07, 6.45) is 3.44. The topological polar surface area (TPSA) is 46.0 Å². The fraction of sp³-hybridized carbons (Fsp3) is 0.625. The van der Waals surface area contributed by atoms with Gasteiger partial charge in [0.1, 0.15) is 0 Å². The minimum Gasteiger partial charge on any atom is -0.339 e. The predicted octanol–water partition coefficient (Wildman–Crippen LogP) is 1.41. The molecule has 0 amide bonds. The van der Waals surface area contributed by atoms with Crippen molar-refractivity contribution in [1.29, 1.82) is 0 Å². The molecule has 0 spiro atoms. The smallest absolute Gasteiger partial charge is 0.339 e. The van der Waals surface area contributed by atoms with Crippen LogP contribution in [0.3, 0.4) is 0 Å². The van der Waals surface area contributed by atoms with Crippen LogP contribution in [0.25, 0.3) is 0 Å². The Morgan fingerprint density at radius 2 is 2.45 bits per heavy atom. The Morgan fingerprint density at radius 1 is 1.73 bits per heavy atom. The first-order valence-electron chi connectivity index (χ1n) is 3.96. The van der Waals surface area contributed by atoms with Crippen molar-refractivity contribution in [1.82, 2.24) is 5.16 Å². The standard InChI is InChI=1S/C8H11NO2/c1-2-8(3-4-8)6-5-7(10)11-9-6/h5,9H,2-4H2,1H3. The molecule has 0 bridgehead atoms. The van der Waals surface area contributed by atoms with Crippen molar-refractivity contribution >= 4 is 0 Å². The van der Waals surface area contributed by atoms with Crippen molar-refractivity contribution in [2.75, 3.05) is 0 Å². The third-order valence-corrected chi connectivity index (χ3v) is 2.63. The van der Waals surface area contributed by atoms with Gasteiger partial charge in [-0.3, -0.25) is 0 Å². The average molecular weight is 153 g/mol. The van der Waals surface area contributed by atoms with Gasteiger partial charge in [-0.2, -0.15) is 0 Å². The van der Waals surface area contributed by atoms with Crippen LogP contribution in [0.1, 0.15) is 31.9 Å². The molecule has 1 aliphatic rings. The molecule has 1 fully saturated rings. The second-order valence-corrected chi connectivity index (χ2v) is 3.22.